The molecule has 1 aromatic carbocycles. The van der Waals surface area contributed by atoms with Gasteiger partial charge in [0, 0.05) is 57.9 Å². The Morgan fingerprint density at radius 2 is 2.00 bits per heavy atom. The lowest BCUT2D eigenvalue weighted by molar-refractivity contribution is -0.394. The first-order valence-corrected chi connectivity index (χ1v) is 12.8. The molecular formula is C26H36N3O6+. The molecule has 1 aliphatic carbocycles. The minimum absolute atomic E-state index is 0.0506. The molecule has 9 nitrogen and oxygen atoms in total. The highest BCUT2D eigenvalue weighted by Crippen LogP contribution is 2.32. The fraction of sp³-hybridized carbons (Fsp3) is 0.654. The molecule has 3 heterocycles. The molecule has 0 bridgehead atoms. The molecule has 0 spiro atoms. The summed E-state index contributed by atoms with van der Waals surface area (Å²) >= 11 is 0. The van der Waals surface area contributed by atoms with Crippen LogP contribution in [0.4, 0.5) is 0 Å². The summed E-state index contributed by atoms with van der Waals surface area (Å²) in [4.78, 5) is 28.6. The van der Waals surface area contributed by atoms with Crippen LogP contribution in [0.2, 0.25) is 0 Å². The Labute approximate surface area is 205 Å². The molecule has 1 saturated carbocycles. The second-order valence-electron chi connectivity index (χ2n) is 10.2. The minimum Gasteiger partial charge on any atom is -0.489 e. The Morgan fingerprint density at radius 1 is 1.20 bits per heavy atom. The Morgan fingerprint density at radius 3 is 2.77 bits per heavy atom. The molecule has 1 unspecified atom stereocenters. The van der Waals surface area contributed by atoms with Crippen molar-refractivity contribution < 1.29 is 33.9 Å². The molecule has 9 heteroatoms. The van der Waals surface area contributed by atoms with Gasteiger partial charge in [0.1, 0.15) is 11.9 Å². The number of methoxy groups -OCH3 is 1. The van der Waals surface area contributed by atoms with Crippen LogP contribution in [-0.4, -0.2) is 78.4 Å². The van der Waals surface area contributed by atoms with Gasteiger partial charge in [0.05, 0.1) is 12.0 Å². The Kier molecular flexibility index (Phi) is 7.09. The van der Waals surface area contributed by atoms with Crippen LogP contribution in [0.5, 0.6) is 5.75 Å². The van der Waals surface area contributed by atoms with E-state index in [0.717, 1.165) is 63.2 Å². The zero-order valence-electron chi connectivity index (χ0n) is 20.4. The van der Waals surface area contributed by atoms with Gasteiger partial charge in [0.25, 0.3) is 5.91 Å². The van der Waals surface area contributed by atoms with Gasteiger partial charge in [-0.15, -0.1) is 4.99 Å². The van der Waals surface area contributed by atoms with Gasteiger partial charge in [-0.25, -0.2) is 4.79 Å². The number of rotatable bonds is 7. The van der Waals surface area contributed by atoms with E-state index in [0.29, 0.717) is 18.5 Å². The monoisotopic (exact) mass is 486 g/mol. The summed E-state index contributed by atoms with van der Waals surface area (Å²) in [6, 6.07) is 5.38. The van der Waals surface area contributed by atoms with E-state index in [2.05, 4.69) is 10.3 Å². The van der Waals surface area contributed by atoms with Crippen molar-refractivity contribution in [1.29, 1.82) is 0 Å². The summed E-state index contributed by atoms with van der Waals surface area (Å²) < 4.78 is 17.9. The van der Waals surface area contributed by atoms with Gasteiger partial charge in [-0.3, -0.25) is 4.79 Å². The standard InChI is InChI=1S/C26H35N3O6/c1-33-26(10-12-34-13-11-26)16-27-20-4-2-3-5-22(20)35-18-6-7-19-17(14-18)15-29(25(19)32)21-8-9-23(30)28-24(21)31/h6-7,14,20-22,27H,2-5,8-13,15-16H2,1H3,(H,28,30,31)/p+1/t20-,21?,22+/m0/s1. The van der Waals surface area contributed by atoms with Crippen LogP contribution >= 0.6 is 0 Å². The zero-order valence-corrected chi connectivity index (χ0v) is 20.4. The van der Waals surface area contributed by atoms with Gasteiger partial charge in [0.15, 0.2) is 6.04 Å². The van der Waals surface area contributed by atoms with Crippen molar-refractivity contribution in [3.8, 4) is 5.75 Å². The maximum atomic E-state index is 13.0. The average Bonchev–Trinajstić information content (AvgIpc) is 3.19. The highest BCUT2D eigenvalue weighted by atomic mass is 16.5. The first-order valence-electron chi connectivity index (χ1n) is 12.8. The van der Waals surface area contributed by atoms with Gasteiger partial charge in [0.2, 0.25) is 0 Å². The van der Waals surface area contributed by atoms with Crippen LogP contribution in [0, 0.1) is 0 Å². The van der Waals surface area contributed by atoms with E-state index in [-0.39, 0.29) is 41.9 Å². The molecule has 1 aromatic rings. The lowest BCUT2D eigenvalue weighted by Crippen LogP contribution is -2.82. The molecule has 0 aromatic heterocycles. The smallest absolute Gasteiger partial charge is 0.388 e. The van der Waals surface area contributed by atoms with E-state index in [1.54, 1.807) is 12.0 Å². The van der Waals surface area contributed by atoms with Crippen molar-refractivity contribution >= 4 is 17.7 Å². The highest BCUT2D eigenvalue weighted by Gasteiger charge is 2.41. The maximum absolute atomic E-state index is 13.0. The third-order valence-electron chi connectivity index (χ3n) is 8.03. The van der Waals surface area contributed by atoms with Crippen LogP contribution in [0.25, 0.3) is 0 Å². The van der Waals surface area contributed by atoms with Gasteiger partial charge in [-0.05, 0) is 49.4 Å². The van der Waals surface area contributed by atoms with Gasteiger partial charge in [-0.1, -0.05) is 6.42 Å². The SMILES string of the molecule is COC1(CN[C@H]2CCCC[C@H]2Oc2ccc3c(c2)CN(C2CCC(=O)[NH+]=C2O)C3=O)CCOCC1. The number of carbonyl (C=O) groups is 2. The number of nitrogens with one attached hydrogen (secondary N) is 2. The number of fused-ring (bicyclic) bond motifs is 1. The van der Waals surface area contributed by atoms with Crippen molar-refractivity contribution in [2.24, 2.45) is 0 Å². The van der Waals surface area contributed by atoms with Crippen molar-refractivity contribution in [3.63, 3.8) is 0 Å². The summed E-state index contributed by atoms with van der Waals surface area (Å²) in [5.74, 6) is 0.267. The number of ether oxygens (including phenoxy) is 3. The first kappa shape index (κ1) is 24.2. The van der Waals surface area contributed by atoms with Crippen LogP contribution in [-0.2, 0) is 20.8 Å². The third-order valence-corrected chi connectivity index (χ3v) is 8.03. The molecule has 3 atom stereocenters. The van der Waals surface area contributed by atoms with Crippen LogP contribution in [0.15, 0.2) is 18.2 Å². The number of aliphatic hydroxyl groups is 1. The summed E-state index contributed by atoms with van der Waals surface area (Å²) in [6.45, 7) is 2.63. The lowest BCUT2D eigenvalue weighted by atomic mass is 9.89. The molecule has 2 amide bonds. The number of carbonyl (C=O) groups excluding carboxylic acids is 2. The van der Waals surface area contributed by atoms with Gasteiger partial charge >= 0.3 is 11.8 Å². The van der Waals surface area contributed by atoms with Crippen molar-refractivity contribution in [3.05, 3.63) is 29.3 Å². The predicted molar refractivity (Wildman–Crippen MR) is 127 cm³/mol. The number of benzene rings is 1. The highest BCUT2D eigenvalue weighted by molar-refractivity contribution is 6.01. The second-order valence-corrected chi connectivity index (χ2v) is 10.2. The number of aliphatic hydroxyl groups excluding tert-OH is 1. The molecule has 5 rings (SSSR count). The first-order chi connectivity index (χ1) is 17.0. The molecule has 35 heavy (non-hydrogen) atoms. The second kappa shape index (κ2) is 10.2. The van der Waals surface area contributed by atoms with Crippen LogP contribution in [0.1, 0.15) is 67.3 Å². The number of nitrogens with zero attached hydrogens (tertiary/aromatic N) is 1. The fourth-order valence-electron chi connectivity index (χ4n) is 5.80. The normalized spacial score (nSPS) is 28.5. The van der Waals surface area contributed by atoms with Crippen LogP contribution in [0.3, 0.4) is 0 Å². The molecule has 0 radical (unpaired) electrons. The van der Waals surface area contributed by atoms with Crippen molar-refractivity contribution in [2.45, 2.75) is 81.7 Å². The minimum atomic E-state index is -0.498. The predicted octanol–water partition coefficient (Wildman–Crippen LogP) is 0.844. The maximum Gasteiger partial charge on any atom is 0.388 e. The number of hydrogen-bond donors (Lipinski definition) is 3. The van der Waals surface area contributed by atoms with Gasteiger partial charge < -0.3 is 29.5 Å². The van der Waals surface area contributed by atoms with E-state index >= 15 is 0 Å². The zero-order chi connectivity index (χ0) is 24.4. The average molecular weight is 487 g/mol. The molecule has 3 aliphatic heterocycles. The van der Waals surface area contributed by atoms with E-state index < -0.39 is 6.04 Å². The topological polar surface area (TPSA) is 111 Å². The van der Waals surface area contributed by atoms with E-state index in [1.165, 1.54) is 6.42 Å². The largest absolute Gasteiger partial charge is 0.489 e. The lowest BCUT2D eigenvalue weighted by Gasteiger charge is -2.39. The Bertz CT molecular complexity index is 989. The van der Waals surface area contributed by atoms with Crippen molar-refractivity contribution in [1.82, 2.24) is 10.2 Å². The summed E-state index contributed by atoms with van der Waals surface area (Å²) in [5.41, 5.74) is 1.33. The van der Waals surface area contributed by atoms with Gasteiger partial charge in [-0.2, -0.15) is 0 Å². The number of amides is 2. The Hall–Kier alpha value is -2.49. The summed E-state index contributed by atoms with van der Waals surface area (Å²) in [6.07, 6.45) is 6.88. The van der Waals surface area contributed by atoms with Crippen LogP contribution < -0.4 is 15.0 Å². The molecule has 1 saturated heterocycles. The summed E-state index contributed by atoms with van der Waals surface area (Å²) in [7, 11) is 1.79. The molecular weight excluding hydrogens is 450 g/mol. The quantitative estimate of drug-likeness (QED) is 0.524. The Balaban J connectivity index is 1.25. The molecule has 190 valence electrons. The van der Waals surface area contributed by atoms with E-state index in [9.17, 15) is 14.7 Å². The molecule has 3 N–H and O–H groups in total. The third kappa shape index (κ3) is 5.08. The van der Waals surface area contributed by atoms with E-state index in [1.807, 2.05) is 18.2 Å². The number of hydrogen-bond acceptors (Lipinski definition) is 6. The molecule has 4 aliphatic rings. The van der Waals surface area contributed by atoms with E-state index in [4.69, 9.17) is 14.2 Å². The fourth-order valence-corrected chi connectivity index (χ4v) is 5.80. The molecule has 2 fully saturated rings. The summed E-state index contributed by atoms with van der Waals surface area (Å²) in [5, 5.41) is 14.0. The van der Waals surface area contributed by atoms with Crippen molar-refractivity contribution in [2.75, 3.05) is 26.9 Å².